The number of benzene rings is 1. The van der Waals surface area contributed by atoms with E-state index in [1.807, 2.05) is 30.3 Å². The van der Waals surface area contributed by atoms with Gasteiger partial charge in [0.15, 0.2) is 0 Å². The minimum absolute atomic E-state index is 0.0534. The summed E-state index contributed by atoms with van der Waals surface area (Å²) < 4.78 is 0. The maximum absolute atomic E-state index is 14.0. The number of carbonyl (C=O) groups is 3. The lowest BCUT2D eigenvalue weighted by Crippen LogP contribution is -2.59. The van der Waals surface area contributed by atoms with Gasteiger partial charge < -0.3 is 41.8 Å². The Morgan fingerprint density at radius 2 is 1.63 bits per heavy atom. The van der Waals surface area contributed by atoms with Crippen LogP contribution in [-0.2, 0) is 22.4 Å². The maximum Gasteiger partial charge on any atom is 0.318 e. The highest BCUT2D eigenvalue weighted by Crippen LogP contribution is 2.29. The van der Waals surface area contributed by atoms with Crippen LogP contribution in [0.15, 0.2) is 42.9 Å². The fourth-order valence-corrected chi connectivity index (χ4v) is 6.53. The fourth-order valence-electron chi connectivity index (χ4n) is 6.53. The molecular weight excluding hydrogens is 586 g/mol. The average molecular weight is 640 g/mol. The van der Waals surface area contributed by atoms with Gasteiger partial charge in [-0.2, -0.15) is 0 Å². The molecule has 254 valence electrons. The summed E-state index contributed by atoms with van der Waals surface area (Å²) in [6.45, 7) is 4.28. The van der Waals surface area contributed by atoms with Crippen LogP contribution in [0.3, 0.4) is 0 Å². The number of imidazole rings is 1. The summed E-state index contributed by atoms with van der Waals surface area (Å²) in [5.41, 5.74) is 6.34. The summed E-state index contributed by atoms with van der Waals surface area (Å²) >= 11 is 0. The number of aliphatic hydroxyl groups is 2. The van der Waals surface area contributed by atoms with E-state index in [-0.39, 0.29) is 31.3 Å². The number of aliphatic hydroxyl groups excluding tert-OH is 1. The Labute approximate surface area is 272 Å². The number of piperidine rings is 1. The van der Waals surface area contributed by atoms with E-state index in [9.17, 15) is 24.6 Å². The van der Waals surface area contributed by atoms with Crippen molar-refractivity contribution in [1.82, 2.24) is 30.8 Å². The molecule has 1 saturated heterocycles. The number of likely N-dealkylation sites (tertiary alicyclic amines) is 1. The molecule has 1 aromatic carbocycles. The van der Waals surface area contributed by atoms with E-state index in [2.05, 4.69) is 25.9 Å². The molecule has 0 radical (unpaired) electrons. The van der Waals surface area contributed by atoms with E-state index in [0.717, 1.165) is 31.2 Å². The number of hydrogen-bond acceptors (Lipinski definition) is 7. The second-order valence-electron chi connectivity index (χ2n) is 13.8. The van der Waals surface area contributed by atoms with E-state index in [0.29, 0.717) is 44.0 Å². The Bertz CT molecular complexity index is 1220. The highest BCUT2D eigenvalue weighted by atomic mass is 16.3. The van der Waals surface area contributed by atoms with E-state index in [1.165, 1.54) is 12.7 Å². The van der Waals surface area contributed by atoms with Gasteiger partial charge in [-0.1, -0.05) is 62.4 Å². The van der Waals surface area contributed by atoms with Gasteiger partial charge in [-0.15, -0.1) is 0 Å². The van der Waals surface area contributed by atoms with Gasteiger partial charge in [0, 0.05) is 44.6 Å². The first-order chi connectivity index (χ1) is 22.0. The van der Waals surface area contributed by atoms with E-state index in [1.54, 1.807) is 24.9 Å². The van der Waals surface area contributed by atoms with E-state index >= 15 is 0 Å². The van der Waals surface area contributed by atoms with Crippen LogP contribution in [-0.4, -0.2) is 91.9 Å². The number of nitrogens with one attached hydrogen (secondary N) is 4. The number of rotatable bonds is 14. The second-order valence-corrected chi connectivity index (χ2v) is 13.8. The molecule has 12 nitrogen and oxygen atoms in total. The molecule has 0 unspecified atom stereocenters. The third-order valence-corrected chi connectivity index (χ3v) is 9.14. The number of aromatic amines is 1. The molecule has 1 aromatic heterocycles. The minimum atomic E-state index is -1.13. The molecule has 0 bridgehead atoms. The Morgan fingerprint density at radius 1 is 0.978 bits per heavy atom. The van der Waals surface area contributed by atoms with Gasteiger partial charge in [0.2, 0.25) is 11.8 Å². The molecule has 1 saturated carbocycles. The predicted octanol–water partition coefficient (Wildman–Crippen LogP) is 2.16. The lowest BCUT2D eigenvalue weighted by Gasteiger charge is -2.34. The zero-order chi connectivity index (χ0) is 33.1. The van der Waals surface area contributed by atoms with Crippen molar-refractivity contribution in [3.63, 3.8) is 0 Å². The van der Waals surface area contributed by atoms with Crippen molar-refractivity contribution in [2.75, 3.05) is 13.1 Å². The van der Waals surface area contributed by atoms with Crippen molar-refractivity contribution in [3.8, 4) is 0 Å². The van der Waals surface area contributed by atoms with Crippen LogP contribution in [0.25, 0.3) is 0 Å². The van der Waals surface area contributed by atoms with Crippen LogP contribution in [0.2, 0.25) is 0 Å². The summed E-state index contributed by atoms with van der Waals surface area (Å²) in [5.74, 6) is -0.603. The lowest BCUT2D eigenvalue weighted by atomic mass is 9.82. The molecule has 4 atom stereocenters. The molecule has 0 spiro atoms. The average Bonchev–Trinajstić information content (AvgIpc) is 3.54. The summed E-state index contributed by atoms with van der Waals surface area (Å²) in [6, 6.07) is 6.53. The first-order valence-electron chi connectivity index (χ1n) is 16.8. The number of H-pyrrole nitrogens is 1. The molecule has 8 N–H and O–H groups in total. The van der Waals surface area contributed by atoms with Crippen molar-refractivity contribution in [2.24, 2.45) is 11.7 Å². The standard InChI is InChI=1S/C34H53N7O5/c1-34(2,46)20-30(42)27(17-23-9-5-3-6-10-23)38-32(44)29(19-26-21-36-22-37-26)39-31(43)28(18-24-11-7-4-8-12-24)40-33(45)41-15-13-25(35)14-16-41/h4,7-8,11-12,21-23,25,27-30,42,46H,3,5-6,9-10,13-20,35H2,1-2H3,(H,36,37)(H,38,44)(H,39,43)(H,40,45)/t27-,28-,29-,30-/m0/s1. The summed E-state index contributed by atoms with van der Waals surface area (Å²) in [5, 5.41) is 30.5. The second kappa shape index (κ2) is 16.9. The van der Waals surface area contributed by atoms with Gasteiger partial charge in [-0.3, -0.25) is 9.59 Å². The molecule has 4 rings (SSSR count). The molecule has 12 heteroatoms. The van der Waals surface area contributed by atoms with Crippen LogP contribution in [0.5, 0.6) is 0 Å². The SMILES string of the molecule is CC(C)(O)C[C@H](O)[C@H](CC1CCCCC1)NC(=O)[C@H](Cc1c[nH]cn1)NC(=O)[C@H](Cc1ccccc1)NC(=O)N1CCC(N)CC1. The summed E-state index contributed by atoms with van der Waals surface area (Å²) in [6.07, 6.45) is 10.1. The smallest absolute Gasteiger partial charge is 0.318 e. The number of hydrogen-bond donors (Lipinski definition) is 7. The lowest BCUT2D eigenvalue weighted by molar-refractivity contribution is -0.131. The normalized spacial score (nSPS) is 19.1. The van der Waals surface area contributed by atoms with Crippen LogP contribution in [0.1, 0.15) is 82.9 Å². The number of nitrogens with zero attached hydrogens (tertiary/aromatic N) is 2. The van der Waals surface area contributed by atoms with Gasteiger partial charge in [-0.05, 0) is 44.6 Å². The predicted molar refractivity (Wildman–Crippen MR) is 176 cm³/mol. The van der Waals surface area contributed by atoms with Crippen molar-refractivity contribution < 1.29 is 24.6 Å². The summed E-state index contributed by atoms with van der Waals surface area (Å²) in [7, 11) is 0. The highest BCUT2D eigenvalue weighted by molar-refractivity contribution is 5.92. The number of amides is 4. The van der Waals surface area contributed by atoms with Gasteiger partial charge >= 0.3 is 6.03 Å². The molecule has 1 aliphatic carbocycles. The first kappa shape index (κ1) is 35.4. The quantitative estimate of drug-likeness (QED) is 0.165. The zero-order valence-electron chi connectivity index (χ0n) is 27.3. The van der Waals surface area contributed by atoms with Crippen LogP contribution < -0.4 is 21.7 Å². The Morgan fingerprint density at radius 3 is 2.26 bits per heavy atom. The van der Waals surface area contributed by atoms with Gasteiger partial charge in [0.25, 0.3) is 0 Å². The number of carbonyl (C=O) groups excluding carboxylic acids is 3. The molecule has 2 heterocycles. The van der Waals surface area contributed by atoms with Crippen molar-refractivity contribution in [1.29, 1.82) is 0 Å². The first-order valence-corrected chi connectivity index (χ1v) is 16.8. The van der Waals surface area contributed by atoms with Crippen LogP contribution >= 0.6 is 0 Å². The third-order valence-electron chi connectivity index (χ3n) is 9.14. The number of aromatic nitrogens is 2. The molecular formula is C34H53N7O5. The Hall–Kier alpha value is -3.48. The fraction of sp³-hybridized carbons (Fsp3) is 0.647. The van der Waals surface area contributed by atoms with Crippen molar-refractivity contribution in [3.05, 3.63) is 54.1 Å². The third kappa shape index (κ3) is 11.4. The molecule has 2 fully saturated rings. The highest BCUT2D eigenvalue weighted by Gasteiger charge is 2.34. The molecule has 1 aliphatic heterocycles. The Balaban J connectivity index is 1.52. The van der Waals surface area contributed by atoms with Crippen molar-refractivity contribution >= 4 is 17.8 Å². The van der Waals surface area contributed by atoms with Crippen LogP contribution in [0, 0.1) is 5.92 Å². The van der Waals surface area contributed by atoms with Crippen molar-refractivity contribution in [2.45, 2.75) is 120 Å². The van der Waals surface area contributed by atoms with Gasteiger partial charge in [0.1, 0.15) is 12.1 Å². The molecule has 2 aromatic rings. The summed E-state index contributed by atoms with van der Waals surface area (Å²) in [4.78, 5) is 50.0. The van der Waals surface area contributed by atoms with E-state index in [4.69, 9.17) is 5.73 Å². The largest absolute Gasteiger partial charge is 0.391 e. The molecule has 4 amide bonds. The van der Waals surface area contributed by atoms with Gasteiger partial charge in [-0.25, -0.2) is 9.78 Å². The monoisotopic (exact) mass is 639 g/mol. The number of urea groups is 1. The molecule has 2 aliphatic rings. The Kier molecular flexibility index (Phi) is 13.0. The zero-order valence-corrected chi connectivity index (χ0v) is 27.3. The van der Waals surface area contributed by atoms with E-state index < -0.39 is 41.6 Å². The molecule has 46 heavy (non-hydrogen) atoms. The number of nitrogens with two attached hydrogens (primary N) is 1. The minimum Gasteiger partial charge on any atom is -0.391 e. The van der Waals surface area contributed by atoms with Crippen LogP contribution in [0.4, 0.5) is 4.79 Å². The maximum atomic E-state index is 14.0. The van der Waals surface area contributed by atoms with Gasteiger partial charge in [0.05, 0.1) is 29.8 Å². The topological polar surface area (TPSA) is 186 Å².